The van der Waals surface area contributed by atoms with Crippen molar-refractivity contribution in [2.75, 3.05) is 5.32 Å². The molecule has 6 nitrogen and oxygen atoms in total. The topological polar surface area (TPSA) is 107 Å². The number of hydrogen-bond donors (Lipinski definition) is 4. The van der Waals surface area contributed by atoms with E-state index in [2.05, 4.69) is 21.2 Å². The second-order valence-corrected chi connectivity index (χ2v) is 5.07. The molecular formula is C14H10BrNO5. The number of carbonyl (C=O) groups is 2. The number of aromatic carboxylic acids is 1. The van der Waals surface area contributed by atoms with E-state index >= 15 is 0 Å². The predicted molar refractivity (Wildman–Crippen MR) is 78.8 cm³/mol. The predicted octanol–water partition coefficient (Wildman–Crippen LogP) is 2.81. The first-order valence-corrected chi connectivity index (χ1v) is 6.54. The van der Waals surface area contributed by atoms with Gasteiger partial charge < -0.3 is 20.6 Å². The van der Waals surface area contributed by atoms with Gasteiger partial charge in [0, 0.05) is 4.47 Å². The molecule has 0 saturated heterocycles. The highest BCUT2D eigenvalue weighted by Gasteiger charge is 2.14. The summed E-state index contributed by atoms with van der Waals surface area (Å²) >= 11 is 3.16. The zero-order valence-corrected chi connectivity index (χ0v) is 12.1. The second kappa shape index (κ2) is 5.84. The van der Waals surface area contributed by atoms with Crippen LogP contribution in [0.3, 0.4) is 0 Å². The molecule has 2 aromatic rings. The SMILES string of the molecule is O=C(O)c1ccc(NC(=O)c2ccc(Br)cc2O)c(O)c1. The molecule has 1 amide bonds. The van der Waals surface area contributed by atoms with Gasteiger partial charge in [-0.2, -0.15) is 0 Å². The molecule has 2 aromatic carbocycles. The molecular weight excluding hydrogens is 342 g/mol. The molecule has 0 heterocycles. The minimum atomic E-state index is -1.19. The van der Waals surface area contributed by atoms with Gasteiger partial charge in [0.15, 0.2) is 0 Å². The van der Waals surface area contributed by atoms with Crippen LogP contribution in [0, 0.1) is 0 Å². The summed E-state index contributed by atoms with van der Waals surface area (Å²) in [7, 11) is 0. The Labute approximate surface area is 127 Å². The average molecular weight is 352 g/mol. The maximum absolute atomic E-state index is 12.0. The molecule has 7 heteroatoms. The van der Waals surface area contributed by atoms with E-state index in [9.17, 15) is 19.8 Å². The molecule has 0 atom stereocenters. The third-order valence-corrected chi connectivity index (χ3v) is 3.19. The van der Waals surface area contributed by atoms with Crippen molar-refractivity contribution in [1.29, 1.82) is 0 Å². The maximum atomic E-state index is 12.0. The molecule has 0 spiro atoms. The van der Waals surface area contributed by atoms with Crippen LogP contribution in [0.25, 0.3) is 0 Å². The molecule has 4 N–H and O–H groups in total. The number of halogens is 1. The molecule has 2 rings (SSSR count). The largest absolute Gasteiger partial charge is 0.507 e. The summed E-state index contributed by atoms with van der Waals surface area (Å²) < 4.78 is 0.616. The van der Waals surface area contributed by atoms with Crippen LogP contribution in [-0.2, 0) is 0 Å². The Morgan fingerprint density at radius 3 is 2.29 bits per heavy atom. The van der Waals surface area contributed by atoms with Crippen molar-refractivity contribution in [3.63, 3.8) is 0 Å². The summed E-state index contributed by atoms with van der Waals surface area (Å²) in [4.78, 5) is 22.8. The lowest BCUT2D eigenvalue weighted by molar-refractivity contribution is 0.0696. The molecule has 0 saturated carbocycles. The van der Waals surface area contributed by atoms with Crippen LogP contribution in [0.4, 0.5) is 5.69 Å². The highest BCUT2D eigenvalue weighted by atomic mass is 79.9. The molecule has 0 unspecified atom stereocenters. The van der Waals surface area contributed by atoms with Crippen molar-refractivity contribution < 1.29 is 24.9 Å². The summed E-state index contributed by atoms with van der Waals surface area (Å²) in [5, 5.41) is 30.6. The van der Waals surface area contributed by atoms with E-state index in [0.29, 0.717) is 4.47 Å². The number of carboxylic acids is 1. The fraction of sp³-hybridized carbons (Fsp3) is 0. The molecule has 108 valence electrons. The number of amides is 1. The maximum Gasteiger partial charge on any atom is 0.335 e. The van der Waals surface area contributed by atoms with Gasteiger partial charge in [0.1, 0.15) is 11.5 Å². The van der Waals surface area contributed by atoms with Crippen molar-refractivity contribution in [2.24, 2.45) is 0 Å². The van der Waals surface area contributed by atoms with Crippen LogP contribution >= 0.6 is 15.9 Å². The van der Waals surface area contributed by atoms with Gasteiger partial charge in [-0.15, -0.1) is 0 Å². The fourth-order valence-corrected chi connectivity index (χ4v) is 2.01. The van der Waals surface area contributed by atoms with E-state index in [4.69, 9.17) is 5.11 Å². The second-order valence-electron chi connectivity index (χ2n) is 4.15. The monoisotopic (exact) mass is 351 g/mol. The smallest absolute Gasteiger partial charge is 0.335 e. The number of phenolic OH excluding ortho intramolecular Hbond substituents is 2. The Morgan fingerprint density at radius 2 is 1.71 bits per heavy atom. The number of anilines is 1. The first kappa shape index (κ1) is 14.9. The Hall–Kier alpha value is -2.54. The lowest BCUT2D eigenvalue weighted by Gasteiger charge is -2.09. The Balaban J connectivity index is 2.25. The van der Waals surface area contributed by atoms with Gasteiger partial charge >= 0.3 is 5.97 Å². The summed E-state index contributed by atoms with van der Waals surface area (Å²) in [5.41, 5.74) is -0.0239. The Morgan fingerprint density at radius 1 is 1.00 bits per heavy atom. The number of rotatable bonds is 3. The normalized spacial score (nSPS) is 10.1. The summed E-state index contributed by atoms with van der Waals surface area (Å²) in [6, 6.07) is 7.91. The number of aromatic hydroxyl groups is 2. The zero-order chi connectivity index (χ0) is 15.6. The fourth-order valence-electron chi connectivity index (χ4n) is 1.66. The highest BCUT2D eigenvalue weighted by Crippen LogP contribution is 2.27. The third kappa shape index (κ3) is 3.32. The molecule has 0 bridgehead atoms. The van der Waals surface area contributed by atoms with Gasteiger partial charge in [0.05, 0.1) is 16.8 Å². The lowest BCUT2D eigenvalue weighted by atomic mass is 10.1. The van der Waals surface area contributed by atoms with Crippen LogP contribution in [0.15, 0.2) is 40.9 Å². The van der Waals surface area contributed by atoms with Crippen LogP contribution in [0.2, 0.25) is 0 Å². The number of benzene rings is 2. The van der Waals surface area contributed by atoms with Crippen molar-refractivity contribution in [3.05, 3.63) is 52.0 Å². The molecule has 0 aromatic heterocycles. The minimum absolute atomic E-state index is 0.0277. The van der Waals surface area contributed by atoms with Gasteiger partial charge in [-0.25, -0.2) is 4.79 Å². The van der Waals surface area contributed by atoms with Gasteiger partial charge in [0.25, 0.3) is 5.91 Å². The number of carbonyl (C=O) groups excluding carboxylic acids is 1. The summed E-state index contributed by atoms with van der Waals surface area (Å²) in [6.45, 7) is 0. The zero-order valence-electron chi connectivity index (χ0n) is 10.5. The van der Waals surface area contributed by atoms with E-state index in [1.807, 2.05) is 0 Å². The van der Waals surface area contributed by atoms with Crippen LogP contribution < -0.4 is 5.32 Å². The molecule has 0 aliphatic carbocycles. The van der Waals surface area contributed by atoms with Crippen LogP contribution in [-0.4, -0.2) is 27.2 Å². The number of nitrogens with one attached hydrogen (secondary N) is 1. The van der Waals surface area contributed by atoms with Crippen LogP contribution in [0.5, 0.6) is 11.5 Å². The lowest BCUT2D eigenvalue weighted by Crippen LogP contribution is -2.12. The van der Waals surface area contributed by atoms with E-state index in [0.717, 1.165) is 6.07 Å². The number of hydrogen-bond acceptors (Lipinski definition) is 4. The minimum Gasteiger partial charge on any atom is -0.507 e. The number of carboxylic acid groups (broad SMARTS) is 1. The Kier molecular flexibility index (Phi) is 4.13. The third-order valence-electron chi connectivity index (χ3n) is 2.70. The van der Waals surface area contributed by atoms with E-state index in [1.54, 1.807) is 6.07 Å². The summed E-state index contributed by atoms with van der Waals surface area (Å²) in [5.74, 6) is -2.41. The van der Waals surface area contributed by atoms with Crippen molar-refractivity contribution in [1.82, 2.24) is 0 Å². The first-order chi connectivity index (χ1) is 9.88. The molecule has 0 fully saturated rings. The van der Waals surface area contributed by atoms with Crippen molar-refractivity contribution in [3.8, 4) is 11.5 Å². The highest BCUT2D eigenvalue weighted by molar-refractivity contribution is 9.10. The Bertz CT molecular complexity index is 729. The summed E-state index contributed by atoms with van der Waals surface area (Å²) in [6.07, 6.45) is 0. The van der Waals surface area contributed by atoms with Gasteiger partial charge in [0.2, 0.25) is 0 Å². The average Bonchev–Trinajstić information content (AvgIpc) is 2.40. The van der Waals surface area contributed by atoms with Crippen LogP contribution in [0.1, 0.15) is 20.7 Å². The number of phenols is 2. The standard InChI is InChI=1S/C14H10BrNO5/c15-8-2-3-9(11(17)6-8)13(19)16-10-4-1-7(14(20)21)5-12(10)18/h1-6,17-18H,(H,16,19)(H,20,21). The molecule has 0 aliphatic heterocycles. The van der Waals surface area contributed by atoms with Crippen molar-refractivity contribution in [2.45, 2.75) is 0 Å². The van der Waals surface area contributed by atoms with E-state index in [1.165, 1.54) is 24.3 Å². The van der Waals surface area contributed by atoms with Crippen molar-refractivity contribution >= 4 is 33.5 Å². The van der Waals surface area contributed by atoms with E-state index in [-0.39, 0.29) is 28.3 Å². The molecule has 0 radical (unpaired) electrons. The molecule has 21 heavy (non-hydrogen) atoms. The van der Waals surface area contributed by atoms with E-state index < -0.39 is 11.9 Å². The van der Waals surface area contributed by atoms with Gasteiger partial charge in [-0.1, -0.05) is 15.9 Å². The van der Waals surface area contributed by atoms with Gasteiger partial charge in [-0.3, -0.25) is 4.79 Å². The first-order valence-electron chi connectivity index (χ1n) is 5.74. The molecule has 0 aliphatic rings. The quantitative estimate of drug-likeness (QED) is 0.636. The van der Waals surface area contributed by atoms with Gasteiger partial charge in [-0.05, 0) is 36.4 Å².